The summed E-state index contributed by atoms with van der Waals surface area (Å²) >= 11 is 6.98. The third kappa shape index (κ3) is 4.00. The second kappa shape index (κ2) is 7.65. The number of quaternary nitrogens is 1. The Labute approximate surface area is 158 Å². The lowest BCUT2D eigenvalue weighted by atomic mass is 10.2. The predicted molar refractivity (Wildman–Crippen MR) is 100 cm³/mol. The lowest BCUT2D eigenvalue weighted by Gasteiger charge is -2.20. The van der Waals surface area contributed by atoms with E-state index in [1.165, 1.54) is 11.0 Å². The van der Waals surface area contributed by atoms with E-state index in [1.54, 1.807) is 24.3 Å². The van der Waals surface area contributed by atoms with E-state index in [-0.39, 0.29) is 11.4 Å². The maximum atomic E-state index is 14.0. The highest BCUT2D eigenvalue weighted by molar-refractivity contribution is 7.22. The van der Waals surface area contributed by atoms with E-state index in [4.69, 9.17) is 11.6 Å². The summed E-state index contributed by atoms with van der Waals surface area (Å²) in [6, 6.07) is 8.56. The van der Waals surface area contributed by atoms with E-state index in [0.717, 1.165) is 22.3 Å². The molecule has 2 aromatic carbocycles. The van der Waals surface area contributed by atoms with Crippen LogP contribution in [0.25, 0.3) is 10.2 Å². The van der Waals surface area contributed by atoms with Crippen LogP contribution < -0.4 is 9.80 Å². The molecule has 3 aromatic rings. The van der Waals surface area contributed by atoms with E-state index < -0.39 is 11.6 Å². The molecule has 1 aromatic heterocycles. The topological polar surface area (TPSA) is 37.6 Å². The van der Waals surface area contributed by atoms with Gasteiger partial charge in [-0.2, -0.15) is 0 Å². The fourth-order valence-corrected chi connectivity index (χ4v) is 3.58. The molecule has 3 rings (SSSR count). The number of fused-ring (bicyclic) bond motifs is 1. The van der Waals surface area contributed by atoms with Crippen LogP contribution in [0.1, 0.15) is 10.4 Å². The molecule has 0 unspecified atom stereocenters. The number of carbonyl (C=O) groups excluding carboxylic acids is 1. The Hall–Kier alpha value is -2.09. The van der Waals surface area contributed by atoms with Crippen molar-refractivity contribution < 1.29 is 18.5 Å². The minimum absolute atomic E-state index is 0.0671. The highest BCUT2D eigenvalue weighted by atomic mass is 35.5. The molecule has 4 nitrogen and oxygen atoms in total. The maximum absolute atomic E-state index is 14.0. The van der Waals surface area contributed by atoms with Crippen LogP contribution >= 0.6 is 22.9 Å². The van der Waals surface area contributed by atoms with Crippen molar-refractivity contribution in [2.24, 2.45) is 0 Å². The molecule has 0 aliphatic heterocycles. The van der Waals surface area contributed by atoms with Crippen molar-refractivity contribution in [3.8, 4) is 0 Å². The molecule has 26 heavy (non-hydrogen) atoms. The highest BCUT2D eigenvalue weighted by Crippen LogP contribution is 2.31. The molecule has 0 spiro atoms. The minimum Gasteiger partial charge on any atom is -0.338 e. The van der Waals surface area contributed by atoms with Gasteiger partial charge in [0, 0.05) is 16.7 Å². The van der Waals surface area contributed by atoms with Crippen LogP contribution in [0.15, 0.2) is 36.4 Å². The summed E-state index contributed by atoms with van der Waals surface area (Å²) in [5, 5.41) is 0.870. The number of anilines is 1. The van der Waals surface area contributed by atoms with Crippen LogP contribution in [0.5, 0.6) is 0 Å². The number of likely N-dealkylation sites (N-methyl/N-ethyl adjacent to an activating group) is 1. The van der Waals surface area contributed by atoms with Gasteiger partial charge in [0.05, 0.1) is 31.9 Å². The standard InChI is InChI=1S/C18H16ClF2N3OS/c1-23(2)7-8-24(17(25)11-3-5-12(19)6-4-11)18-22-16-14(21)9-13(20)10-15(16)26-18/h3-6,9-10H,7-8H2,1-2H3/p+1. The Bertz CT molecular complexity index is 944. The van der Waals surface area contributed by atoms with Crippen LogP contribution in [0, 0.1) is 11.6 Å². The molecule has 0 saturated carbocycles. The van der Waals surface area contributed by atoms with Crippen molar-refractivity contribution in [3.05, 3.63) is 58.6 Å². The second-order valence-corrected chi connectivity index (χ2v) is 7.60. The van der Waals surface area contributed by atoms with Gasteiger partial charge in [-0.05, 0) is 30.3 Å². The molecule has 1 amide bonds. The molecule has 0 saturated heterocycles. The van der Waals surface area contributed by atoms with Crippen LogP contribution in [0.4, 0.5) is 13.9 Å². The van der Waals surface area contributed by atoms with Gasteiger partial charge in [0.2, 0.25) is 0 Å². The first-order valence-corrected chi connectivity index (χ1v) is 9.16. The van der Waals surface area contributed by atoms with Gasteiger partial charge in [-0.3, -0.25) is 9.69 Å². The summed E-state index contributed by atoms with van der Waals surface area (Å²) in [6.45, 7) is 1.07. The summed E-state index contributed by atoms with van der Waals surface area (Å²) in [5.74, 6) is -1.67. The molecule has 8 heteroatoms. The molecule has 1 N–H and O–H groups in total. The number of halogens is 3. The van der Waals surface area contributed by atoms with E-state index in [0.29, 0.717) is 33.5 Å². The molecule has 0 radical (unpaired) electrons. The first-order chi connectivity index (χ1) is 12.3. The first-order valence-electron chi connectivity index (χ1n) is 7.97. The van der Waals surface area contributed by atoms with E-state index in [2.05, 4.69) is 4.98 Å². The Kier molecular flexibility index (Phi) is 5.50. The average Bonchev–Trinajstić information content (AvgIpc) is 2.99. The monoisotopic (exact) mass is 396 g/mol. The fraction of sp³-hybridized carbons (Fsp3) is 0.222. The number of nitrogens with one attached hydrogen (secondary N) is 1. The normalized spacial score (nSPS) is 11.3. The number of nitrogens with zero attached hydrogens (tertiary/aromatic N) is 2. The van der Waals surface area contributed by atoms with Gasteiger partial charge in [0.25, 0.3) is 5.91 Å². The quantitative estimate of drug-likeness (QED) is 0.720. The Morgan fingerprint density at radius 1 is 1.23 bits per heavy atom. The van der Waals surface area contributed by atoms with Crippen LogP contribution in [0.2, 0.25) is 5.02 Å². The third-order valence-electron chi connectivity index (χ3n) is 3.80. The van der Waals surface area contributed by atoms with Crippen LogP contribution in [0.3, 0.4) is 0 Å². The van der Waals surface area contributed by atoms with Gasteiger partial charge in [-0.15, -0.1) is 0 Å². The van der Waals surface area contributed by atoms with Gasteiger partial charge in [0.1, 0.15) is 11.3 Å². The SMILES string of the molecule is C[NH+](C)CCN(C(=O)c1ccc(Cl)cc1)c1nc2c(F)cc(F)cc2s1. The number of hydrogen-bond donors (Lipinski definition) is 1. The number of rotatable bonds is 5. The van der Waals surface area contributed by atoms with E-state index >= 15 is 0 Å². The number of hydrogen-bond acceptors (Lipinski definition) is 3. The van der Waals surface area contributed by atoms with Gasteiger partial charge < -0.3 is 4.90 Å². The largest absolute Gasteiger partial charge is 0.338 e. The van der Waals surface area contributed by atoms with Crippen LogP contribution in [-0.4, -0.2) is 38.1 Å². The van der Waals surface area contributed by atoms with E-state index in [9.17, 15) is 13.6 Å². The van der Waals surface area contributed by atoms with Crippen molar-refractivity contribution in [2.75, 3.05) is 32.1 Å². The van der Waals surface area contributed by atoms with Crippen LogP contribution in [-0.2, 0) is 0 Å². The number of aromatic nitrogens is 1. The van der Waals surface area contributed by atoms with Gasteiger partial charge in [0.15, 0.2) is 10.9 Å². The fourth-order valence-electron chi connectivity index (χ4n) is 2.43. The third-order valence-corrected chi connectivity index (χ3v) is 5.08. The second-order valence-electron chi connectivity index (χ2n) is 6.15. The number of carbonyl (C=O) groups is 1. The van der Waals surface area contributed by atoms with Crippen molar-refractivity contribution in [1.82, 2.24) is 4.98 Å². The Balaban J connectivity index is 2.01. The molecule has 0 fully saturated rings. The number of amides is 1. The lowest BCUT2D eigenvalue weighted by Crippen LogP contribution is -3.06. The summed E-state index contributed by atoms with van der Waals surface area (Å²) in [4.78, 5) is 19.9. The number of benzene rings is 2. The smallest absolute Gasteiger partial charge is 0.260 e. The van der Waals surface area contributed by atoms with Gasteiger partial charge in [-0.25, -0.2) is 13.8 Å². The number of thiazole rings is 1. The average molecular weight is 397 g/mol. The first kappa shape index (κ1) is 18.7. The molecular weight excluding hydrogens is 380 g/mol. The molecule has 0 aliphatic carbocycles. The lowest BCUT2D eigenvalue weighted by molar-refractivity contribution is -0.856. The molecule has 0 atom stereocenters. The molecule has 1 heterocycles. The molecular formula is C18H17ClF2N3OS+. The zero-order chi connectivity index (χ0) is 18.8. The Morgan fingerprint density at radius 3 is 2.58 bits per heavy atom. The summed E-state index contributed by atoms with van der Waals surface area (Å²) < 4.78 is 27.8. The van der Waals surface area contributed by atoms with Crippen molar-refractivity contribution in [3.63, 3.8) is 0 Å². The van der Waals surface area contributed by atoms with E-state index in [1.807, 2.05) is 14.1 Å². The van der Waals surface area contributed by atoms with Gasteiger partial charge in [-0.1, -0.05) is 22.9 Å². The van der Waals surface area contributed by atoms with Gasteiger partial charge >= 0.3 is 0 Å². The minimum atomic E-state index is -0.736. The molecule has 136 valence electrons. The maximum Gasteiger partial charge on any atom is 0.260 e. The van der Waals surface area contributed by atoms with Crippen molar-refractivity contribution in [1.29, 1.82) is 0 Å². The Morgan fingerprint density at radius 2 is 1.92 bits per heavy atom. The molecule has 0 bridgehead atoms. The summed E-state index contributed by atoms with van der Waals surface area (Å²) in [7, 11) is 3.94. The highest BCUT2D eigenvalue weighted by Gasteiger charge is 2.23. The summed E-state index contributed by atoms with van der Waals surface area (Å²) in [6.07, 6.45) is 0. The zero-order valence-electron chi connectivity index (χ0n) is 14.2. The van der Waals surface area contributed by atoms with Crippen molar-refractivity contribution in [2.45, 2.75) is 0 Å². The molecule has 0 aliphatic rings. The zero-order valence-corrected chi connectivity index (χ0v) is 15.8. The predicted octanol–water partition coefficient (Wildman–Crippen LogP) is 3.02. The summed E-state index contributed by atoms with van der Waals surface area (Å²) in [5.41, 5.74) is 0.520. The van der Waals surface area contributed by atoms with Crippen molar-refractivity contribution >= 4 is 44.2 Å².